The Balaban J connectivity index is 1.78. The minimum Gasteiger partial charge on any atom is -0.395 e. The maximum Gasteiger partial charge on any atom is 0.222 e. The van der Waals surface area contributed by atoms with Crippen molar-refractivity contribution in [3.63, 3.8) is 0 Å². The number of thiophene rings is 1. The van der Waals surface area contributed by atoms with E-state index >= 15 is 0 Å². The van der Waals surface area contributed by atoms with E-state index in [0.717, 1.165) is 25.7 Å². The molecular formula is C15H23NO2S. The van der Waals surface area contributed by atoms with Crippen LogP contribution in [0.3, 0.4) is 0 Å². The molecule has 19 heavy (non-hydrogen) atoms. The SMILES string of the molecule is Cc1cc(CCCC(=O)N(CCO)C2CC2)c(C)s1. The topological polar surface area (TPSA) is 40.5 Å². The van der Waals surface area contributed by atoms with Gasteiger partial charge in [-0.15, -0.1) is 11.3 Å². The summed E-state index contributed by atoms with van der Waals surface area (Å²) in [5, 5.41) is 9.01. The lowest BCUT2D eigenvalue weighted by Gasteiger charge is -2.21. The van der Waals surface area contributed by atoms with E-state index in [-0.39, 0.29) is 12.5 Å². The molecule has 0 atom stereocenters. The second kappa shape index (κ2) is 6.53. The van der Waals surface area contributed by atoms with Gasteiger partial charge in [0.2, 0.25) is 5.91 Å². The minimum absolute atomic E-state index is 0.0745. The van der Waals surface area contributed by atoms with Gasteiger partial charge in [0.05, 0.1) is 6.61 Å². The number of aryl methyl sites for hydroxylation is 3. The second-order valence-corrected chi connectivity index (χ2v) is 6.79. The van der Waals surface area contributed by atoms with Crippen molar-refractivity contribution in [2.75, 3.05) is 13.2 Å². The molecule has 2 rings (SSSR count). The van der Waals surface area contributed by atoms with Crippen molar-refractivity contribution in [3.05, 3.63) is 21.4 Å². The Hall–Kier alpha value is -0.870. The standard InChI is InChI=1S/C15H23NO2S/c1-11-10-13(12(2)19-11)4-3-5-15(18)16(8-9-17)14-6-7-14/h10,14,17H,3-9H2,1-2H3. The van der Waals surface area contributed by atoms with Crippen molar-refractivity contribution in [2.45, 2.75) is 52.0 Å². The number of aliphatic hydroxyl groups is 1. The molecule has 1 N–H and O–H groups in total. The van der Waals surface area contributed by atoms with Gasteiger partial charge < -0.3 is 10.0 Å². The Morgan fingerprint density at radius 1 is 1.47 bits per heavy atom. The Kier molecular flexibility index (Phi) is 4.99. The summed E-state index contributed by atoms with van der Waals surface area (Å²) in [7, 11) is 0. The normalized spacial score (nSPS) is 14.7. The Bertz CT molecular complexity index is 437. The molecule has 0 aromatic carbocycles. The van der Waals surface area contributed by atoms with Crippen molar-refractivity contribution >= 4 is 17.2 Å². The Morgan fingerprint density at radius 3 is 2.74 bits per heavy atom. The molecule has 1 aliphatic carbocycles. The van der Waals surface area contributed by atoms with E-state index in [2.05, 4.69) is 19.9 Å². The maximum absolute atomic E-state index is 12.1. The molecule has 1 saturated carbocycles. The van der Waals surface area contributed by atoms with Crippen LogP contribution in [0.25, 0.3) is 0 Å². The number of aliphatic hydroxyl groups excluding tert-OH is 1. The zero-order chi connectivity index (χ0) is 13.8. The Labute approximate surface area is 119 Å². The highest BCUT2D eigenvalue weighted by Crippen LogP contribution is 2.27. The van der Waals surface area contributed by atoms with Crippen LogP contribution < -0.4 is 0 Å². The summed E-state index contributed by atoms with van der Waals surface area (Å²) in [6.07, 6.45) is 4.71. The van der Waals surface area contributed by atoms with Crippen LogP contribution in [-0.4, -0.2) is 35.1 Å². The molecule has 1 amide bonds. The molecule has 0 saturated heterocycles. The van der Waals surface area contributed by atoms with E-state index in [4.69, 9.17) is 5.11 Å². The highest BCUT2D eigenvalue weighted by atomic mass is 32.1. The van der Waals surface area contributed by atoms with Crippen LogP contribution in [0.15, 0.2) is 6.07 Å². The lowest BCUT2D eigenvalue weighted by Crippen LogP contribution is -2.35. The first-order valence-electron chi connectivity index (χ1n) is 7.08. The van der Waals surface area contributed by atoms with E-state index < -0.39 is 0 Å². The molecule has 0 spiro atoms. The summed E-state index contributed by atoms with van der Waals surface area (Å²) in [5.74, 6) is 0.209. The van der Waals surface area contributed by atoms with Crippen LogP contribution >= 0.6 is 11.3 Å². The number of carbonyl (C=O) groups excluding carboxylic acids is 1. The van der Waals surface area contributed by atoms with Gasteiger partial charge in [-0.25, -0.2) is 0 Å². The molecule has 0 radical (unpaired) electrons. The molecule has 3 nitrogen and oxygen atoms in total. The number of carbonyl (C=O) groups is 1. The molecule has 1 heterocycles. The zero-order valence-corrected chi connectivity index (χ0v) is 12.6. The smallest absolute Gasteiger partial charge is 0.222 e. The lowest BCUT2D eigenvalue weighted by molar-refractivity contribution is -0.132. The van der Waals surface area contributed by atoms with Crippen molar-refractivity contribution < 1.29 is 9.90 Å². The van der Waals surface area contributed by atoms with E-state index in [9.17, 15) is 4.79 Å². The van der Waals surface area contributed by atoms with Crippen LogP contribution in [0.1, 0.15) is 41.0 Å². The third kappa shape index (κ3) is 4.05. The van der Waals surface area contributed by atoms with Gasteiger partial charge >= 0.3 is 0 Å². The first-order chi connectivity index (χ1) is 9.11. The largest absolute Gasteiger partial charge is 0.395 e. The molecule has 4 heteroatoms. The maximum atomic E-state index is 12.1. The summed E-state index contributed by atoms with van der Waals surface area (Å²) in [6, 6.07) is 2.64. The van der Waals surface area contributed by atoms with E-state index in [1.165, 1.54) is 15.3 Å². The Morgan fingerprint density at radius 2 is 2.21 bits per heavy atom. The van der Waals surface area contributed by atoms with Gasteiger partial charge in [-0.3, -0.25) is 4.79 Å². The number of rotatable bonds is 7. The summed E-state index contributed by atoms with van der Waals surface area (Å²) in [4.78, 5) is 16.7. The van der Waals surface area contributed by atoms with Gasteiger partial charge in [-0.05, 0) is 51.2 Å². The molecule has 1 fully saturated rings. The fourth-order valence-corrected chi connectivity index (χ4v) is 3.49. The predicted molar refractivity (Wildman–Crippen MR) is 78.6 cm³/mol. The van der Waals surface area contributed by atoms with E-state index in [1.807, 2.05) is 16.2 Å². The third-order valence-electron chi connectivity index (χ3n) is 3.63. The van der Waals surface area contributed by atoms with Gasteiger partial charge in [-0.1, -0.05) is 0 Å². The summed E-state index contributed by atoms with van der Waals surface area (Å²) in [6.45, 7) is 4.85. The van der Waals surface area contributed by atoms with Crippen molar-refractivity contribution in [2.24, 2.45) is 0 Å². The third-order valence-corrected chi connectivity index (χ3v) is 4.64. The van der Waals surface area contributed by atoms with Gasteiger partial charge in [0.25, 0.3) is 0 Å². The van der Waals surface area contributed by atoms with Crippen LogP contribution in [-0.2, 0) is 11.2 Å². The van der Waals surface area contributed by atoms with Gasteiger partial charge in [-0.2, -0.15) is 0 Å². The zero-order valence-electron chi connectivity index (χ0n) is 11.8. The fourth-order valence-electron chi connectivity index (χ4n) is 2.51. The molecule has 106 valence electrons. The average Bonchev–Trinajstić information content (AvgIpc) is 3.13. The molecule has 0 unspecified atom stereocenters. The fraction of sp³-hybridized carbons (Fsp3) is 0.667. The monoisotopic (exact) mass is 281 g/mol. The molecule has 0 aliphatic heterocycles. The second-order valence-electron chi connectivity index (χ2n) is 5.33. The number of hydrogen-bond donors (Lipinski definition) is 1. The quantitative estimate of drug-likeness (QED) is 0.834. The summed E-state index contributed by atoms with van der Waals surface area (Å²) in [5.41, 5.74) is 1.38. The van der Waals surface area contributed by atoms with Crippen LogP contribution in [0.2, 0.25) is 0 Å². The molecule has 1 aliphatic rings. The van der Waals surface area contributed by atoms with Crippen molar-refractivity contribution in [1.82, 2.24) is 4.90 Å². The minimum atomic E-state index is 0.0745. The first-order valence-corrected chi connectivity index (χ1v) is 7.89. The van der Waals surface area contributed by atoms with E-state index in [1.54, 1.807) is 0 Å². The number of amides is 1. The van der Waals surface area contributed by atoms with Gasteiger partial charge in [0.1, 0.15) is 0 Å². The highest BCUT2D eigenvalue weighted by Gasteiger charge is 2.31. The van der Waals surface area contributed by atoms with Crippen LogP contribution in [0.4, 0.5) is 0 Å². The van der Waals surface area contributed by atoms with Crippen LogP contribution in [0.5, 0.6) is 0 Å². The highest BCUT2D eigenvalue weighted by molar-refractivity contribution is 7.12. The van der Waals surface area contributed by atoms with Crippen molar-refractivity contribution in [1.29, 1.82) is 0 Å². The number of hydrogen-bond acceptors (Lipinski definition) is 3. The van der Waals surface area contributed by atoms with Crippen molar-refractivity contribution in [3.8, 4) is 0 Å². The van der Waals surface area contributed by atoms with Gasteiger partial charge in [0.15, 0.2) is 0 Å². The molecule has 0 bridgehead atoms. The van der Waals surface area contributed by atoms with E-state index in [0.29, 0.717) is 19.0 Å². The predicted octanol–water partition coefficient (Wildman–Crippen LogP) is 2.67. The summed E-state index contributed by atoms with van der Waals surface area (Å²) < 4.78 is 0. The average molecular weight is 281 g/mol. The van der Waals surface area contributed by atoms with Gasteiger partial charge in [0, 0.05) is 28.8 Å². The number of nitrogens with zero attached hydrogens (tertiary/aromatic N) is 1. The van der Waals surface area contributed by atoms with Crippen LogP contribution in [0, 0.1) is 13.8 Å². The first kappa shape index (κ1) is 14.5. The molecule has 1 aromatic rings. The summed E-state index contributed by atoms with van der Waals surface area (Å²) >= 11 is 1.83. The molecule has 1 aromatic heterocycles. The molecular weight excluding hydrogens is 258 g/mol. The lowest BCUT2D eigenvalue weighted by atomic mass is 10.1.